The largest absolute Gasteiger partial charge is 0.391 e. The molecule has 13 N–H and O–H groups in total. The highest BCUT2D eigenvalue weighted by Crippen LogP contribution is 2.35. The van der Waals surface area contributed by atoms with Crippen molar-refractivity contribution in [1.29, 1.82) is 0 Å². The summed E-state index contributed by atoms with van der Waals surface area (Å²) in [6.07, 6.45) is -11.6. The quantitative estimate of drug-likeness (QED) is 0.130. The van der Waals surface area contributed by atoms with Gasteiger partial charge in [-0.1, -0.05) is 6.92 Å². The highest BCUT2D eigenvalue weighted by molar-refractivity contribution is 5.03. The van der Waals surface area contributed by atoms with Gasteiger partial charge in [0.25, 0.3) is 0 Å². The van der Waals surface area contributed by atoms with E-state index in [1.165, 1.54) is 6.92 Å². The van der Waals surface area contributed by atoms with Gasteiger partial charge in [-0.25, -0.2) is 0 Å². The maximum atomic E-state index is 11.2. The lowest BCUT2D eigenvalue weighted by Crippen LogP contribution is -2.69. The Labute approximate surface area is 204 Å². The molecule has 2 heterocycles. The maximum Gasteiger partial charge on any atom is 0.219 e. The Kier molecular flexibility index (Phi) is 9.84. The van der Waals surface area contributed by atoms with Crippen molar-refractivity contribution < 1.29 is 49.6 Å². The molecular weight excluding hydrogens is 468 g/mol. The second-order valence-corrected chi connectivity index (χ2v) is 9.78. The third-order valence-corrected chi connectivity index (χ3v) is 7.02. The van der Waals surface area contributed by atoms with Crippen molar-refractivity contribution in [1.82, 2.24) is 5.32 Å². The van der Waals surface area contributed by atoms with E-state index in [1.54, 1.807) is 0 Å². The van der Waals surface area contributed by atoms with Crippen LogP contribution < -0.4 is 22.5 Å². The van der Waals surface area contributed by atoms with Crippen LogP contribution in [0.2, 0.25) is 0 Å². The summed E-state index contributed by atoms with van der Waals surface area (Å²) in [5, 5.41) is 66.5. The SMILES string of the molecule is CCCN[C@@H]1CC(N)[C@@H](O[C@H]2OC([C@@H](C)O)[C@@H](O)C(O)C2N)C(O[C@]2(O)CO[C@H](CN)C2O)C1O. The van der Waals surface area contributed by atoms with Gasteiger partial charge < -0.3 is 72.1 Å². The predicted octanol–water partition coefficient (Wildman–Crippen LogP) is -5.22. The van der Waals surface area contributed by atoms with Gasteiger partial charge in [0.15, 0.2) is 6.29 Å². The van der Waals surface area contributed by atoms with Gasteiger partial charge in [0.2, 0.25) is 5.79 Å². The average Bonchev–Trinajstić information content (AvgIpc) is 3.10. The van der Waals surface area contributed by atoms with Gasteiger partial charge in [0, 0.05) is 18.6 Å². The Balaban J connectivity index is 1.85. The van der Waals surface area contributed by atoms with Gasteiger partial charge in [-0.05, 0) is 26.3 Å². The van der Waals surface area contributed by atoms with Crippen molar-refractivity contribution >= 4 is 0 Å². The van der Waals surface area contributed by atoms with E-state index in [0.717, 1.165) is 6.42 Å². The van der Waals surface area contributed by atoms with Crippen LogP contribution in [0.15, 0.2) is 0 Å². The minimum atomic E-state index is -2.20. The van der Waals surface area contributed by atoms with E-state index < -0.39 is 91.7 Å². The summed E-state index contributed by atoms with van der Waals surface area (Å²) in [5.41, 5.74) is 18.0. The third-order valence-electron chi connectivity index (χ3n) is 7.02. The van der Waals surface area contributed by atoms with Crippen molar-refractivity contribution in [2.24, 2.45) is 17.2 Å². The first kappa shape index (κ1) is 29.0. The molecule has 3 fully saturated rings. The molecule has 14 nitrogen and oxygen atoms in total. The topological polar surface area (TPSA) is 248 Å². The molecule has 35 heavy (non-hydrogen) atoms. The lowest BCUT2D eigenvalue weighted by atomic mass is 9.83. The molecule has 0 radical (unpaired) electrons. The van der Waals surface area contributed by atoms with Crippen molar-refractivity contribution in [2.75, 3.05) is 19.7 Å². The number of aliphatic hydroxyl groups excluding tert-OH is 5. The number of nitrogens with one attached hydrogen (secondary N) is 1. The van der Waals surface area contributed by atoms with Gasteiger partial charge in [-0.15, -0.1) is 0 Å². The molecule has 0 aromatic heterocycles. The summed E-state index contributed by atoms with van der Waals surface area (Å²) in [7, 11) is 0. The standard InChI is InChI=1S/C21H42N4O10/c1-3-4-25-10-5-9(23)17(34-20-12(24)14(28)15(29)16(33-20)8(2)26)18(13(10)27)35-21(31)7-32-11(6-22)19(21)30/h8-20,25-31H,3-7,22-24H2,1-2H3/t8-,9?,10-,11-,12?,13?,14?,15+,16?,17-,18?,19?,20-,21-/m1/s1. The van der Waals surface area contributed by atoms with E-state index in [-0.39, 0.29) is 13.0 Å². The first-order valence-electron chi connectivity index (χ1n) is 12.1. The minimum Gasteiger partial charge on any atom is -0.391 e. The molecule has 2 aliphatic heterocycles. The number of hydrogen-bond acceptors (Lipinski definition) is 14. The summed E-state index contributed by atoms with van der Waals surface area (Å²) in [6, 6.07) is -2.48. The van der Waals surface area contributed by atoms with Crippen LogP contribution in [0.4, 0.5) is 0 Å². The van der Waals surface area contributed by atoms with Gasteiger partial charge in [-0.3, -0.25) is 0 Å². The summed E-state index contributed by atoms with van der Waals surface area (Å²) in [6.45, 7) is 3.47. The molecule has 14 heteroatoms. The number of rotatable bonds is 9. The molecule has 7 unspecified atom stereocenters. The summed E-state index contributed by atoms with van der Waals surface area (Å²) < 4.78 is 22.9. The van der Waals surface area contributed by atoms with E-state index in [9.17, 15) is 30.6 Å². The van der Waals surface area contributed by atoms with E-state index in [2.05, 4.69) is 5.32 Å². The molecule has 14 atom stereocenters. The number of hydrogen-bond donors (Lipinski definition) is 10. The van der Waals surface area contributed by atoms with Crippen molar-refractivity contribution in [2.45, 2.75) is 112 Å². The molecule has 2 saturated heterocycles. The van der Waals surface area contributed by atoms with Gasteiger partial charge in [-0.2, -0.15) is 0 Å². The van der Waals surface area contributed by atoms with Crippen LogP contribution in [0.1, 0.15) is 26.7 Å². The highest BCUT2D eigenvalue weighted by Gasteiger charge is 2.56. The summed E-state index contributed by atoms with van der Waals surface area (Å²) in [5.74, 6) is -2.20. The Bertz CT molecular complexity index is 680. The summed E-state index contributed by atoms with van der Waals surface area (Å²) in [4.78, 5) is 0. The summed E-state index contributed by atoms with van der Waals surface area (Å²) >= 11 is 0. The first-order chi connectivity index (χ1) is 16.4. The van der Waals surface area contributed by atoms with E-state index >= 15 is 0 Å². The monoisotopic (exact) mass is 510 g/mol. The van der Waals surface area contributed by atoms with Crippen LogP contribution >= 0.6 is 0 Å². The van der Waals surface area contributed by atoms with Crippen LogP contribution in [0.25, 0.3) is 0 Å². The van der Waals surface area contributed by atoms with Crippen LogP contribution in [0.5, 0.6) is 0 Å². The number of aliphatic hydroxyl groups is 6. The number of nitrogens with two attached hydrogens (primary N) is 3. The zero-order chi connectivity index (χ0) is 26.1. The highest BCUT2D eigenvalue weighted by atomic mass is 16.7. The van der Waals surface area contributed by atoms with Crippen molar-refractivity contribution in [3.8, 4) is 0 Å². The first-order valence-corrected chi connectivity index (χ1v) is 12.1. The average molecular weight is 511 g/mol. The molecule has 3 aliphatic rings. The molecule has 206 valence electrons. The third kappa shape index (κ3) is 5.97. The Hall–Kier alpha value is -0.560. The van der Waals surface area contributed by atoms with Crippen LogP contribution in [-0.4, -0.2) is 135 Å². The molecule has 0 amide bonds. The van der Waals surface area contributed by atoms with Gasteiger partial charge in [0.1, 0.15) is 49.3 Å². The van der Waals surface area contributed by atoms with Crippen molar-refractivity contribution in [3.05, 3.63) is 0 Å². The molecule has 1 aliphatic carbocycles. The van der Waals surface area contributed by atoms with Gasteiger partial charge in [0.05, 0.1) is 18.2 Å². The molecule has 0 aromatic carbocycles. The van der Waals surface area contributed by atoms with E-state index in [1.807, 2.05) is 6.92 Å². The van der Waals surface area contributed by atoms with E-state index in [4.69, 9.17) is 36.1 Å². The van der Waals surface area contributed by atoms with Crippen LogP contribution in [0, 0.1) is 0 Å². The second-order valence-electron chi connectivity index (χ2n) is 9.78. The Morgan fingerprint density at radius 2 is 1.80 bits per heavy atom. The fraction of sp³-hybridized carbons (Fsp3) is 1.00. The van der Waals surface area contributed by atoms with Gasteiger partial charge >= 0.3 is 0 Å². The number of ether oxygens (including phenoxy) is 4. The molecule has 0 bridgehead atoms. The fourth-order valence-corrected chi connectivity index (χ4v) is 4.90. The smallest absolute Gasteiger partial charge is 0.219 e. The minimum absolute atomic E-state index is 0.0636. The van der Waals surface area contributed by atoms with Crippen molar-refractivity contribution in [3.63, 3.8) is 0 Å². The lowest BCUT2D eigenvalue weighted by Gasteiger charge is -2.49. The van der Waals surface area contributed by atoms with E-state index in [0.29, 0.717) is 6.54 Å². The van der Waals surface area contributed by atoms with Crippen LogP contribution in [-0.2, 0) is 18.9 Å². The predicted molar refractivity (Wildman–Crippen MR) is 121 cm³/mol. The molecule has 1 saturated carbocycles. The zero-order valence-electron chi connectivity index (χ0n) is 20.1. The zero-order valence-corrected chi connectivity index (χ0v) is 20.1. The Morgan fingerprint density at radius 1 is 1.11 bits per heavy atom. The molecule has 0 spiro atoms. The normalized spacial score (nSPS) is 49.8. The van der Waals surface area contributed by atoms with Crippen LogP contribution in [0.3, 0.4) is 0 Å². The molecule has 3 rings (SSSR count). The second kappa shape index (κ2) is 11.9. The maximum absolute atomic E-state index is 11.2. The molecule has 0 aromatic rings. The lowest BCUT2D eigenvalue weighted by molar-refractivity contribution is -0.333. The molecular formula is C21H42N4O10. The fourth-order valence-electron chi connectivity index (χ4n) is 4.90. The Morgan fingerprint density at radius 3 is 2.37 bits per heavy atom.